The summed E-state index contributed by atoms with van der Waals surface area (Å²) in [6.07, 6.45) is 0. The second kappa shape index (κ2) is 8.12. The minimum Gasteiger partial charge on any atom is -0.483 e. The summed E-state index contributed by atoms with van der Waals surface area (Å²) in [6, 6.07) is 13.7. The van der Waals surface area contributed by atoms with Crippen LogP contribution in [0, 0.1) is 0 Å². The van der Waals surface area contributed by atoms with E-state index in [4.69, 9.17) is 4.74 Å². The molecule has 0 aliphatic carbocycles. The number of nitrogens with zero attached hydrogens (tertiary/aromatic N) is 1. The zero-order chi connectivity index (χ0) is 17.8. The maximum Gasteiger partial charge on any atom is 0.277 e. The molecule has 0 aliphatic heterocycles. The van der Waals surface area contributed by atoms with Gasteiger partial charge >= 0.3 is 0 Å². The number of hydrogen-bond acceptors (Lipinski definition) is 4. The van der Waals surface area contributed by atoms with Crippen LogP contribution in [0.25, 0.3) is 10.8 Å². The normalized spacial score (nSPS) is 11.6. The van der Waals surface area contributed by atoms with E-state index < -0.39 is 0 Å². The molecule has 1 amide bonds. The third kappa shape index (κ3) is 4.48. The van der Waals surface area contributed by atoms with Crippen molar-refractivity contribution in [1.29, 1.82) is 0 Å². The van der Waals surface area contributed by atoms with Crippen LogP contribution < -0.4 is 10.2 Å². The maximum atomic E-state index is 11.9. The maximum absolute atomic E-state index is 11.9. The monoisotopic (exact) mass is 480 g/mol. The predicted octanol–water partition coefficient (Wildman–Crippen LogP) is 5.35. The topological polar surface area (TPSA) is 50.7 Å². The largest absolute Gasteiger partial charge is 0.483 e. The number of rotatable bonds is 5. The number of amides is 1. The first-order valence-corrected chi connectivity index (χ1v) is 9.89. The first kappa shape index (κ1) is 18.1. The number of ether oxygens (including phenoxy) is 1. The van der Waals surface area contributed by atoms with Gasteiger partial charge in [0.2, 0.25) is 0 Å². The van der Waals surface area contributed by atoms with E-state index in [0.717, 1.165) is 30.3 Å². The molecular weight excluding hydrogens is 468 g/mol. The Hall–Kier alpha value is -1.70. The fourth-order valence-corrected chi connectivity index (χ4v) is 3.88. The van der Waals surface area contributed by atoms with Crippen LogP contribution in [0.15, 0.2) is 61.9 Å². The van der Waals surface area contributed by atoms with Gasteiger partial charge in [0.15, 0.2) is 6.61 Å². The standard InChI is InChI=1S/C18H14Br2N2O2S/c1-11(16-3-2-8-25-16)21-22-17(23)10-24-15-7-4-12-9-13(19)5-6-14(12)18(15)20/h2-9H,10H2,1H3,(H,22,23)/b21-11+. The SMILES string of the molecule is C/C(=N\NC(=O)COc1ccc2cc(Br)ccc2c1Br)c1cccs1. The van der Waals surface area contributed by atoms with Crippen molar-refractivity contribution in [2.75, 3.05) is 6.61 Å². The van der Waals surface area contributed by atoms with Gasteiger partial charge in [-0.15, -0.1) is 11.3 Å². The van der Waals surface area contributed by atoms with Crippen LogP contribution in [0.2, 0.25) is 0 Å². The average Bonchev–Trinajstić information content (AvgIpc) is 3.13. The Balaban J connectivity index is 1.64. The molecule has 128 valence electrons. The molecule has 0 radical (unpaired) electrons. The fraction of sp³-hybridized carbons (Fsp3) is 0.111. The summed E-state index contributed by atoms with van der Waals surface area (Å²) in [6.45, 7) is 1.74. The average molecular weight is 482 g/mol. The van der Waals surface area contributed by atoms with Crippen LogP contribution >= 0.6 is 43.2 Å². The number of carbonyl (C=O) groups is 1. The molecule has 0 fully saturated rings. The molecule has 0 aliphatic rings. The fourth-order valence-electron chi connectivity index (χ4n) is 2.22. The molecule has 2 aromatic carbocycles. The number of halogens is 2. The number of benzene rings is 2. The highest BCUT2D eigenvalue weighted by molar-refractivity contribution is 9.11. The van der Waals surface area contributed by atoms with Crippen LogP contribution in [-0.4, -0.2) is 18.2 Å². The van der Waals surface area contributed by atoms with Crippen molar-refractivity contribution in [2.45, 2.75) is 6.92 Å². The molecule has 1 heterocycles. The minimum absolute atomic E-state index is 0.109. The molecule has 0 atom stereocenters. The van der Waals surface area contributed by atoms with Gasteiger partial charge in [-0.25, -0.2) is 5.43 Å². The molecule has 1 N–H and O–H groups in total. The van der Waals surface area contributed by atoms with Gasteiger partial charge in [-0.3, -0.25) is 4.79 Å². The number of hydrogen-bond donors (Lipinski definition) is 1. The van der Waals surface area contributed by atoms with Crippen molar-refractivity contribution in [2.24, 2.45) is 5.10 Å². The Labute approximate surface area is 166 Å². The first-order valence-electron chi connectivity index (χ1n) is 7.42. The number of hydrazone groups is 1. The summed E-state index contributed by atoms with van der Waals surface area (Å²) in [7, 11) is 0. The summed E-state index contributed by atoms with van der Waals surface area (Å²) < 4.78 is 7.46. The Morgan fingerprint density at radius 2 is 2.08 bits per heavy atom. The Kier molecular flexibility index (Phi) is 5.88. The lowest BCUT2D eigenvalue weighted by Gasteiger charge is -2.10. The van der Waals surface area contributed by atoms with Gasteiger partial charge in [-0.05, 0) is 63.3 Å². The second-order valence-electron chi connectivity index (χ2n) is 5.24. The van der Waals surface area contributed by atoms with Crippen LogP contribution in [0.3, 0.4) is 0 Å². The number of carbonyl (C=O) groups excluding carboxylic acids is 1. The lowest BCUT2D eigenvalue weighted by molar-refractivity contribution is -0.123. The van der Waals surface area contributed by atoms with Gasteiger partial charge in [0, 0.05) is 9.35 Å². The highest BCUT2D eigenvalue weighted by Gasteiger charge is 2.09. The smallest absolute Gasteiger partial charge is 0.277 e. The highest BCUT2D eigenvalue weighted by Crippen LogP contribution is 2.34. The van der Waals surface area contributed by atoms with Crippen molar-refractivity contribution >= 4 is 65.6 Å². The first-order chi connectivity index (χ1) is 12.0. The Bertz CT molecular complexity index is 940. The zero-order valence-corrected chi connectivity index (χ0v) is 17.2. The summed E-state index contributed by atoms with van der Waals surface area (Å²) in [5, 5.41) is 8.16. The molecule has 3 aromatic rings. The molecule has 0 unspecified atom stereocenters. The Morgan fingerprint density at radius 1 is 1.24 bits per heavy atom. The molecular formula is C18H14Br2N2O2S. The van der Waals surface area contributed by atoms with E-state index in [9.17, 15) is 4.79 Å². The highest BCUT2D eigenvalue weighted by atomic mass is 79.9. The van der Waals surface area contributed by atoms with Gasteiger partial charge in [0.05, 0.1) is 10.2 Å². The van der Waals surface area contributed by atoms with Crippen LogP contribution in [0.5, 0.6) is 5.75 Å². The molecule has 1 aromatic heterocycles. The quantitative estimate of drug-likeness (QED) is 0.394. The van der Waals surface area contributed by atoms with E-state index in [0.29, 0.717) is 5.75 Å². The third-order valence-electron chi connectivity index (χ3n) is 3.47. The summed E-state index contributed by atoms with van der Waals surface area (Å²) >= 11 is 8.58. The van der Waals surface area contributed by atoms with E-state index in [1.807, 2.05) is 54.8 Å². The molecule has 3 rings (SSSR count). The Morgan fingerprint density at radius 3 is 2.84 bits per heavy atom. The minimum atomic E-state index is -0.307. The van der Waals surface area contributed by atoms with Gasteiger partial charge in [-0.2, -0.15) is 5.10 Å². The van der Waals surface area contributed by atoms with Gasteiger partial charge < -0.3 is 4.74 Å². The third-order valence-corrected chi connectivity index (χ3v) is 5.76. The van der Waals surface area contributed by atoms with Crippen LogP contribution in [-0.2, 0) is 4.79 Å². The number of fused-ring (bicyclic) bond motifs is 1. The van der Waals surface area contributed by atoms with Gasteiger partial charge in [0.1, 0.15) is 5.75 Å². The molecule has 0 saturated carbocycles. The van der Waals surface area contributed by atoms with Crippen molar-refractivity contribution < 1.29 is 9.53 Å². The predicted molar refractivity (Wildman–Crippen MR) is 110 cm³/mol. The van der Waals surface area contributed by atoms with Gasteiger partial charge in [0.25, 0.3) is 5.91 Å². The molecule has 7 heteroatoms. The molecule has 25 heavy (non-hydrogen) atoms. The van der Waals surface area contributed by atoms with E-state index in [2.05, 4.69) is 42.4 Å². The number of thiophene rings is 1. The molecule has 0 bridgehead atoms. The van der Waals surface area contributed by atoms with Crippen LogP contribution in [0.4, 0.5) is 0 Å². The zero-order valence-electron chi connectivity index (χ0n) is 13.3. The van der Waals surface area contributed by atoms with Crippen molar-refractivity contribution in [3.05, 3.63) is 61.7 Å². The molecule has 0 saturated heterocycles. The van der Waals surface area contributed by atoms with Crippen LogP contribution in [0.1, 0.15) is 11.8 Å². The van der Waals surface area contributed by atoms with E-state index >= 15 is 0 Å². The lowest BCUT2D eigenvalue weighted by atomic mass is 10.1. The van der Waals surface area contributed by atoms with E-state index in [1.54, 1.807) is 11.3 Å². The second-order valence-corrected chi connectivity index (χ2v) is 7.90. The van der Waals surface area contributed by atoms with E-state index in [1.165, 1.54) is 0 Å². The van der Waals surface area contributed by atoms with Crippen molar-refractivity contribution in [1.82, 2.24) is 5.43 Å². The summed E-state index contributed by atoms with van der Waals surface area (Å²) in [5.41, 5.74) is 3.28. The van der Waals surface area contributed by atoms with Crippen molar-refractivity contribution in [3.63, 3.8) is 0 Å². The summed E-state index contributed by atoms with van der Waals surface area (Å²) in [5.74, 6) is 0.308. The van der Waals surface area contributed by atoms with Gasteiger partial charge in [-0.1, -0.05) is 34.1 Å². The van der Waals surface area contributed by atoms with E-state index in [-0.39, 0.29) is 12.5 Å². The lowest BCUT2D eigenvalue weighted by Crippen LogP contribution is -2.25. The number of nitrogens with one attached hydrogen (secondary N) is 1. The van der Waals surface area contributed by atoms with Crippen molar-refractivity contribution in [3.8, 4) is 5.75 Å². The molecule has 4 nitrogen and oxygen atoms in total. The summed E-state index contributed by atoms with van der Waals surface area (Å²) in [4.78, 5) is 13.0. The molecule has 0 spiro atoms.